The molecule has 32 heavy (non-hydrogen) atoms. The van der Waals surface area contributed by atoms with Gasteiger partial charge in [-0.25, -0.2) is 4.39 Å². The lowest BCUT2D eigenvalue weighted by Crippen LogP contribution is -2.15. The van der Waals surface area contributed by atoms with Gasteiger partial charge in [0.05, 0.1) is 5.75 Å². The highest BCUT2D eigenvalue weighted by atomic mass is 32.2. The molecule has 0 aliphatic carbocycles. The van der Waals surface area contributed by atoms with Crippen LogP contribution in [0.4, 0.5) is 10.1 Å². The van der Waals surface area contributed by atoms with E-state index in [1.807, 2.05) is 66.1 Å². The van der Waals surface area contributed by atoms with Gasteiger partial charge in [0.15, 0.2) is 22.5 Å². The summed E-state index contributed by atoms with van der Waals surface area (Å²) < 4.78 is 21.4. The molecule has 3 aromatic carbocycles. The monoisotopic (exact) mass is 448 g/mol. The Morgan fingerprint density at radius 3 is 2.50 bits per heavy atom. The van der Waals surface area contributed by atoms with Gasteiger partial charge in [-0.3, -0.25) is 9.36 Å². The van der Waals surface area contributed by atoms with Crippen molar-refractivity contribution >= 4 is 23.4 Å². The van der Waals surface area contributed by atoms with Crippen LogP contribution in [0.5, 0.6) is 5.75 Å². The van der Waals surface area contributed by atoms with Gasteiger partial charge in [0.25, 0.3) is 0 Å². The Morgan fingerprint density at radius 1 is 1.00 bits per heavy atom. The van der Waals surface area contributed by atoms with Crippen LogP contribution in [0.1, 0.15) is 11.4 Å². The minimum absolute atomic E-state index is 0.0266. The van der Waals surface area contributed by atoms with Gasteiger partial charge >= 0.3 is 0 Å². The maximum atomic E-state index is 13.9. The Labute approximate surface area is 189 Å². The molecule has 1 N–H and O–H groups in total. The van der Waals surface area contributed by atoms with Crippen LogP contribution in [0.2, 0.25) is 0 Å². The number of nitrogens with zero attached hydrogens (tertiary/aromatic N) is 3. The second-order valence-corrected chi connectivity index (χ2v) is 7.88. The lowest BCUT2D eigenvalue weighted by Gasteiger charge is -2.12. The molecular weight excluding hydrogens is 427 g/mol. The maximum absolute atomic E-state index is 13.9. The van der Waals surface area contributed by atoms with Crippen LogP contribution < -0.4 is 10.1 Å². The molecule has 162 valence electrons. The van der Waals surface area contributed by atoms with Gasteiger partial charge in [-0.05, 0) is 42.8 Å². The number of anilines is 1. The number of ether oxygens (including phenoxy) is 1. The first kappa shape index (κ1) is 21.6. The number of aromatic nitrogens is 3. The Hall–Kier alpha value is -3.65. The average Bonchev–Trinajstić information content (AvgIpc) is 3.22. The lowest BCUT2D eigenvalue weighted by molar-refractivity contribution is -0.113. The number of nitrogens with one attached hydrogen (secondary N) is 1. The molecule has 0 unspecified atom stereocenters. The minimum atomic E-state index is -0.444. The number of carbonyl (C=O) groups excluding carboxylic acids is 1. The molecule has 1 amide bonds. The second kappa shape index (κ2) is 10.1. The first-order chi connectivity index (χ1) is 15.6. The standard InChI is InChI=1S/C24H21FN4O2S/c1-17-9-5-7-13-20(17)26-23(30)16-32-24-28-27-22(29(24)18-10-3-2-4-11-18)15-31-21-14-8-6-12-19(21)25/h2-14H,15-16H2,1H3,(H,26,30). The van der Waals surface area contributed by atoms with Crippen molar-refractivity contribution < 1.29 is 13.9 Å². The molecular formula is C24H21FN4O2S. The van der Waals surface area contributed by atoms with Crippen molar-refractivity contribution in [3.05, 3.63) is 96.1 Å². The molecule has 0 radical (unpaired) electrons. The molecule has 1 heterocycles. The van der Waals surface area contributed by atoms with Crippen molar-refractivity contribution in [2.24, 2.45) is 0 Å². The fourth-order valence-corrected chi connectivity index (χ4v) is 3.83. The van der Waals surface area contributed by atoms with E-state index in [0.717, 1.165) is 16.9 Å². The third-order valence-corrected chi connectivity index (χ3v) is 5.59. The van der Waals surface area contributed by atoms with Crippen molar-refractivity contribution in [2.75, 3.05) is 11.1 Å². The molecule has 0 atom stereocenters. The quantitative estimate of drug-likeness (QED) is 0.383. The molecule has 0 bridgehead atoms. The number of amides is 1. The summed E-state index contributed by atoms with van der Waals surface area (Å²) in [6.07, 6.45) is 0. The van der Waals surface area contributed by atoms with E-state index in [0.29, 0.717) is 11.0 Å². The molecule has 6 nitrogen and oxygen atoms in total. The molecule has 1 aromatic heterocycles. The fraction of sp³-hybridized carbons (Fsp3) is 0.125. The summed E-state index contributed by atoms with van der Waals surface area (Å²) in [5.74, 6) is 0.216. The third-order valence-electron chi connectivity index (χ3n) is 4.66. The molecule has 0 saturated heterocycles. The van der Waals surface area contributed by atoms with Crippen molar-refractivity contribution in [1.82, 2.24) is 14.8 Å². The highest BCUT2D eigenvalue weighted by Gasteiger charge is 2.17. The number of rotatable bonds is 8. The number of para-hydroxylation sites is 3. The fourth-order valence-electron chi connectivity index (χ4n) is 3.06. The van der Waals surface area contributed by atoms with Crippen LogP contribution in [0.25, 0.3) is 5.69 Å². The molecule has 4 rings (SSSR count). The Balaban J connectivity index is 1.51. The highest BCUT2D eigenvalue weighted by molar-refractivity contribution is 7.99. The maximum Gasteiger partial charge on any atom is 0.234 e. The average molecular weight is 449 g/mol. The number of benzene rings is 3. The summed E-state index contributed by atoms with van der Waals surface area (Å²) in [5, 5.41) is 11.9. The number of thioether (sulfide) groups is 1. The largest absolute Gasteiger partial charge is 0.483 e. The third kappa shape index (κ3) is 5.15. The van der Waals surface area contributed by atoms with Crippen molar-refractivity contribution in [1.29, 1.82) is 0 Å². The summed E-state index contributed by atoms with van der Waals surface area (Å²) in [7, 11) is 0. The summed E-state index contributed by atoms with van der Waals surface area (Å²) >= 11 is 1.27. The Bertz CT molecular complexity index is 1210. The zero-order valence-electron chi connectivity index (χ0n) is 17.4. The van der Waals surface area contributed by atoms with Crippen molar-refractivity contribution in [3.8, 4) is 11.4 Å². The van der Waals surface area contributed by atoms with Crippen LogP contribution in [0.15, 0.2) is 84.0 Å². The van der Waals surface area contributed by atoms with Gasteiger partial charge in [-0.15, -0.1) is 10.2 Å². The number of aryl methyl sites for hydroxylation is 1. The molecule has 4 aromatic rings. The van der Waals surface area contributed by atoms with Gasteiger partial charge in [-0.2, -0.15) is 0 Å². The van der Waals surface area contributed by atoms with Crippen molar-refractivity contribution in [3.63, 3.8) is 0 Å². The van der Waals surface area contributed by atoms with E-state index in [-0.39, 0.29) is 24.0 Å². The molecule has 0 saturated carbocycles. The van der Waals surface area contributed by atoms with Crippen molar-refractivity contribution in [2.45, 2.75) is 18.7 Å². The molecule has 0 spiro atoms. The van der Waals surface area contributed by atoms with Gasteiger partial charge in [0.1, 0.15) is 6.61 Å². The van der Waals surface area contributed by atoms with Gasteiger partial charge < -0.3 is 10.1 Å². The Morgan fingerprint density at radius 2 is 1.72 bits per heavy atom. The molecule has 0 aliphatic heterocycles. The van der Waals surface area contributed by atoms with E-state index in [4.69, 9.17) is 4.74 Å². The van der Waals surface area contributed by atoms with E-state index in [2.05, 4.69) is 15.5 Å². The van der Waals surface area contributed by atoms with E-state index < -0.39 is 5.82 Å². The number of hydrogen-bond acceptors (Lipinski definition) is 5. The summed E-state index contributed by atoms with van der Waals surface area (Å²) in [5.41, 5.74) is 2.60. The van der Waals surface area contributed by atoms with E-state index in [1.54, 1.807) is 18.2 Å². The van der Waals surface area contributed by atoms with Gasteiger partial charge in [-0.1, -0.05) is 60.3 Å². The smallest absolute Gasteiger partial charge is 0.234 e. The highest BCUT2D eigenvalue weighted by Crippen LogP contribution is 2.24. The SMILES string of the molecule is Cc1ccccc1NC(=O)CSc1nnc(COc2ccccc2F)n1-c1ccccc1. The summed E-state index contributed by atoms with van der Waals surface area (Å²) in [4.78, 5) is 12.5. The van der Waals surface area contributed by atoms with Crippen LogP contribution in [0.3, 0.4) is 0 Å². The zero-order valence-corrected chi connectivity index (χ0v) is 18.2. The van der Waals surface area contributed by atoms with Crippen LogP contribution >= 0.6 is 11.8 Å². The van der Waals surface area contributed by atoms with Gasteiger partial charge in [0.2, 0.25) is 5.91 Å². The number of carbonyl (C=O) groups is 1. The first-order valence-electron chi connectivity index (χ1n) is 9.97. The Kier molecular flexibility index (Phi) is 6.81. The summed E-state index contributed by atoms with van der Waals surface area (Å²) in [6, 6.07) is 23.3. The molecule has 0 fully saturated rings. The predicted molar refractivity (Wildman–Crippen MR) is 123 cm³/mol. The first-order valence-corrected chi connectivity index (χ1v) is 11.0. The van der Waals surface area contributed by atoms with Gasteiger partial charge in [0, 0.05) is 11.4 Å². The number of hydrogen-bond donors (Lipinski definition) is 1. The topological polar surface area (TPSA) is 69.0 Å². The second-order valence-electron chi connectivity index (χ2n) is 6.94. The summed E-state index contributed by atoms with van der Waals surface area (Å²) in [6.45, 7) is 1.97. The van der Waals surface area contributed by atoms with Crippen LogP contribution in [-0.2, 0) is 11.4 Å². The molecule has 8 heteroatoms. The predicted octanol–water partition coefficient (Wildman–Crippen LogP) is 5.02. The minimum Gasteiger partial charge on any atom is -0.483 e. The van der Waals surface area contributed by atoms with E-state index >= 15 is 0 Å². The zero-order chi connectivity index (χ0) is 22.3. The molecule has 0 aliphatic rings. The van der Waals surface area contributed by atoms with E-state index in [9.17, 15) is 9.18 Å². The van der Waals surface area contributed by atoms with Crippen LogP contribution in [-0.4, -0.2) is 26.4 Å². The number of halogens is 1. The normalized spacial score (nSPS) is 10.7. The van der Waals surface area contributed by atoms with E-state index in [1.165, 1.54) is 17.8 Å². The lowest BCUT2D eigenvalue weighted by atomic mass is 10.2. The van der Waals surface area contributed by atoms with Crippen LogP contribution in [0, 0.1) is 12.7 Å².